The Labute approximate surface area is 53.7 Å². The van der Waals surface area contributed by atoms with Gasteiger partial charge in [0, 0.05) is 0 Å². The van der Waals surface area contributed by atoms with Gasteiger partial charge in [0.1, 0.15) is 0 Å². The third-order valence-corrected chi connectivity index (χ3v) is 1.66. The maximum absolute atomic E-state index is 9.79. The fourth-order valence-electron chi connectivity index (χ4n) is 0.276. The third kappa shape index (κ3) is 7.37. The Balaban J connectivity index is 3.10. The van der Waals surface area contributed by atoms with Crippen LogP contribution in [0.5, 0.6) is 0 Å². The van der Waals surface area contributed by atoms with Crippen molar-refractivity contribution >= 4 is 20.5 Å². The summed E-state index contributed by atoms with van der Waals surface area (Å²) in [6, 6.07) is 0. The number of rotatable bonds is 4. The molecule has 0 aromatic carbocycles. The lowest BCUT2D eigenvalue weighted by Gasteiger charge is -1.89. The van der Waals surface area contributed by atoms with E-state index in [9.17, 15) is 9.59 Å². The van der Waals surface area contributed by atoms with E-state index in [4.69, 9.17) is 10.2 Å². The maximum atomic E-state index is 9.79. The van der Waals surface area contributed by atoms with Crippen molar-refractivity contribution in [2.24, 2.45) is 0 Å². The fourth-order valence-corrected chi connectivity index (χ4v) is 0.829. The Morgan fingerprint density at radius 1 is 1.11 bits per heavy atom. The summed E-state index contributed by atoms with van der Waals surface area (Å²) in [5, 5.41) is 16.1. The summed E-state index contributed by atoms with van der Waals surface area (Å²) in [6.45, 7) is 0. The maximum Gasteiger partial charge on any atom is 0.307 e. The zero-order valence-corrected chi connectivity index (χ0v) is 5.63. The number of carboxylic acid groups (broad SMARTS) is 2. The Bertz CT molecular complexity index is 108. The standard InChI is InChI=1S/C4H7O4P/c5-3(6)1-9-2-4(7)8/h9H,1-2H2,(H,5,6)(H,7,8). The molecule has 0 spiro atoms. The normalized spacial score (nSPS) is 8.89. The predicted molar refractivity (Wildman–Crippen MR) is 33.3 cm³/mol. The fraction of sp³-hybridized carbons (Fsp3) is 0.500. The molecule has 0 heterocycles. The summed E-state index contributed by atoms with van der Waals surface area (Å²) in [4.78, 5) is 19.6. The Morgan fingerprint density at radius 2 is 1.44 bits per heavy atom. The first-order chi connectivity index (χ1) is 4.13. The molecule has 0 saturated heterocycles. The molecule has 0 aromatic heterocycles. The quantitative estimate of drug-likeness (QED) is 0.545. The molecule has 0 atom stereocenters. The molecule has 4 nitrogen and oxygen atoms in total. The van der Waals surface area contributed by atoms with Crippen LogP contribution in [0, 0.1) is 0 Å². The first-order valence-corrected chi connectivity index (χ1v) is 3.68. The van der Waals surface area contributed by atoms with Gasteiger partial charge in [-0.05, 0) is 0 Å². The highest BCUT2D eigenvalue weighted by molar-refractivity contribution is 7.40. The number of carbonyl (C=O) groups is 2. The van der Waals surface area contributed by atoms with Crippen molar-refractivity contribution in [3.63, 3.8) is 0 Å². The zero-order valence-electron chi connectivity index (χ0n) is 4.63. The minimum atomic E-state index is -0.936. The summed E-state index contributed by atoms with van der Waals surface area (Å²) in [7, 11) is -0.00617. The molecular formula is C4H7O4P. The van der Waals surface area contributed by atoms with Crippen LogP contribution in [0.4, 0.5) is 0 Å². The molecule has 52 valence electrons. The minimum Gasteiger partial charge on any atom is -0.481 e. The summed E-state index contributed by atoms with van der Waals surface area (Å²) in [5.74, 6) is -1.87. The lowest BCUT2D eigenvalue weighted by Crippen LogP contribution is -2.02. The summed E-state index contributed by atoms with van der Waals surface area (Å²) >= 11 is 0. The topological polar surface area (TPSA) is 74.6 Å². The molecule has 0 aliphatic carbocycles. The van der Waals surface area contributed by atoms with Crippen LogP contribution in [0.25, 0.3) is 0 Å². The van der Waals surface area contributed by atoms with Crippen LogP contribution in [-0.2, 0) is 9.59 Å². The molecule has 0 radical (unpaired) electrons. The molecule has 0 fully saturated rings. The molecule has 0 saturated carbocycles. The van der Waals surface area contributed by atoms with Crippen LogP contribution < -0.4 is 0 Å². The second-order valence-electron chi connectivity index (χ2n) is 1.39. The average Bonchev–Trinajstić information content (AvgIpc) is 1.63. The molecule has 0 aliphatic rings. The highest BCUT2D eigenvalue weighted by atomic mass is 31.1. The monoisotopic (exact) mass is 150 g/mol. The van der Waals surface area contributed by atoms with E-state index >= 15 is 0 Å². The first-order valence-electron chi connectivity index (χ1n) is 2.27. The number of aliphatic carboxylic acids is 2. The minimum absolute atomic E-state index is 0.00617. The van der Waals surface area contributed by atoms with Gasteiger partial charge in [0.2, 0.25) is 0 Å². The summed E-state index contributed by atoms with van der Waals surface area (Å²) in [5.41, 5.74) is 0. The average molecular weight is 150 g/mol. The Kier molecular flexibility index (Phi) is 3.97. The van der Waals surface area contributed by atoms with Crippen molar-refractivity contribution in [2.45, 2.75) is 0 Å². The van der Waals surface area contributed by atoms with Gasteiger partial charge in [0.25, 0.3) is 0 Å². The molecular weight excluding hydrogens is 143 g/mol. The van der Waals surface area contributed by atoms with Crippen molar-refractivity contribution in [1.82, 2.24) is 0 Å². The van der Waals surface area contributed by atoms with E-state index in [1.807, 2.05) is 0 Å². The lowest BCUT2D eigenvalue weighted by molar-refractivity contribution is -0.134. The van der Waals surface area contributed by atoms with Gasteiger partial charge < -0.3 is 10.2 Å². The van der Waals surface area contributed by atoms with Gasteiger partial charge in [-0.25, -0.2) is 0 Å². The Morgan fingerprint density at radius 3 is 1.67 bits per heavy atom. The highest BCUT2D eigenvalue weighted by Gasteiger charge is 1.99. The van der Waals surface area contributed by atoms with Crippen LogP contribution in [0.2, 0.25) is 0 Å². The molecule has 0 rings (SSSR count). The molecule has 0 aliphatic heterocycles. The van der Waals surface area contributed by atoms with Crippen LogP contribution in [0.3, 0.4) is 0 Å². The molecule has 0 bridgehead atoms. The van der Waals surface area contributed by atoms with Gasteiger partial charge in [0.15, 0.2) is 0 Å². The van der Waals surface area contributed by atoms with Crippen molar-refractivity contribution in [2.75, 3.05) is 12.3 Å². The molecule has 0 unspecified atom stereocenters. The van der Waals surface area contributed by atoms with Gasteiger partial charge >= 0.3 is 11.9 Å². The summed E-state index contributed by atoms with van der Waals surface area (Å²) in [6.07, 6.45) is -0.0708. The van der Waals surface area contributed by atoms with E-state index in [0.717, 1.165) is 0 Å². The second-order valence-corrected chi connectivity index (χ2v) is 2.60. The van der Waals surface area contributed by atoms with E-state index in [0.29, 0.717) is 0 Å². The smallest absolute Gasteiger partial charge is 0.307 e. The van der Waals surface area contributed by atoms with Crippen LogP contribution in [-0.4, -0.2) is 34.5 Å². The number of carboxylic acids is 2. The van der Waals surface area contributed by atoms with E-state index < -0.39 is 11.9 Å². The van der Waals surface area contributed by atoms with E-state index in [2.05, 4.69) is 0 Å². The lowest BCUT2D eigenvalue weighted by atomic mass is 10.8. The molecule has 0 amide bonds. The van der Waals surface area contributed by atoms with Gasteiger partial charge in [0.05, 0.1) is 12.3 Å². The van der Waals surface area contributed by atoms with Gasteiger partial charge in [-0.1, -0.05) is 8.58 Å². The highest BCUT2D eigenvalue weighted by Crippen LogP contribution is 2.06. The zero-order chi connectivity index (χ0) is 7.28. The van der Waals surface area contributed by atoms with Crippen molar-refractivity contribution in [3.8, 4) is 0 Å². The Hall–Kier alpha value is -0.630. The largest absolute Gasteiger partial charge is 0.481 e. The molecule has 2 N–H and O–H groups in total. The van der Waals surface area contributed by atoms with Crippen molar-refractivity contribution in [3.05, 3.63) is 0 Å². The molecule has 0 aromatic rings. The van der Waals surface area contributed by atoms with Crippen LogP contribution >= 0.6 is 8.58 Å². The van der Waals surface area contributed by atoms with E-state index in [1.165, 1.54) is 0 Å². The van der Waals surface area contributed by atoms with Crippen LogP contribution in [0.1, 0.15) is 0 Å². The van der Waals surface area contributed by atoms with Gasteiger partial charge in [-0.3, -0.25) is 9.59 Å². The first kappa shape index (κ1) is 8.37. The SMILES string of the molecule is O=C(O)CPCC(=O)O. The predicted octanol–water partition coefficient (Wildman–Crippen LogP) is -0.166. The number of hydrogen-bond donors (Lipinski definition) is 2. The molecule has 9 heavy (non-hydrogen) atoms. The third-order valence-electron chi connectivity index (χ3n) is 0.552. The van der Waals surface area contributed by atoms with Crippen LogP contribution in [0.15, 0.2) is 0 Å². The molecule has 5 heteroatoms. The van der Waals surface area contributed by atoms with Gasteiger partial charge in [-0.15, -0.1) is 0 Å². The van der Waals surface area contributed by atoms with E-state index in [-0.39, 0.29) is 20.9 Å². The van der Waals surface area contributed by atoms with Crippen molar-refractivity contribution in [1.29, 1.82) is 0 Å². The van der Waals surface area contributed by atoms with Crippen molar-refractivity contribution < 1.29 is 19.8 Å². The van der Waals surface area contributed by atoms with Gasteiger partial charge in [-0.2, -0.15) is 0 Å². The van der Waals surface area contributed by atoms with E-state index in [1.54, 1.807) is 0 Å². The second kappa shape index (κ2) is 4.27. The number of hydrogen-bond acceptors (Lipinski definition) is 2. The summed E-state index contributed by atoms with van der Waals surface area (Å²) < 4.78 is 0.